The summed E-state index contributed by atoms with van der Waals surface area (Å²) in [7, 11) is 0. The van der Waals surface area contributed by atoms with Crippen LogP contribution >= 0.6 is 11.3 Å². The average Bonchev–Trinajstić information content (AvgIpc) is 3.28. The predicted octanol–water partition coefficient (Wildman–Crippen LogP) is 3.44. The zero-order valence-corrected chi connectivity index (χ0v) is 15.2. The molecule has 3 aromatic rings. The lowest BCUT2D eigenvalue weighted by Gasteiger charge is -2.28. The molecule has 1 N–H and O–H groups in total. The first-order valence-electron chi connectivity index (χ1n) is 8.45. The lowest BCUT2D eigenvalue weighted by atomic mass is 9.99. The van der Waals surface area contributed by atoms with E-state index in [9.17, 15) is 4.79 Å². The number of para-hydroxylation sites is 1. The second-order valence-electron chi connectivity index (χ2n) is 6.78. The van der Waals surface area contributed by atoms with Crippen LogP contribution in [-0.4, -0.2) is 28.9 Å². The largest absolute Gasteiger partial charge is 0.464 e. The highest BCUT2D eigenvalue weighted by Crippen LogP contribution is 2.35. The van der Waals surface area contributed by atoms with Crippen molar-refractivity contribution in [3.05, 3.63) is 52.2 Å². The fourth-order valence-electron chi connectivity index (χ4n) is 3.66. The summed E-state index contributed by atoms with van der Waals surface area (Å²) in [6.45, 7) is 6.06. The zero-order valence-electron chi connectivity index (χ0n) is 14.4. The first kappa shape index (κ1) is 16.3. The fraction of sp³-hybridized carbons (Fsp3) is 0.368. The van der Waals surface area contributed by atoms with Gasteiger partial charge in [0.1, 0.15) is 16.1 Å². The third kappa shape index (κ3) is 3.07. The molecule has 0 aliphatic carbocycles. The normalized spacial score (nSPS) is 21.0. The number of fused-ring (bicyclic) bond motifs is 1. The molecule has 130 valence electrons. The van der Waals surface area contributed by atoms with Crippen molar-refractivity contribution >= 4 is 28.2 Å². The van der Waals surface area contributed by atoms with E-state index in [0.717, 1.165) is 47.7 Å². The van der Waals surface area contributed by atoms with E-state index < -0.39 is 0 Å². The Morgan fingerprint density at radius 2 is 2.28 bits per heavy atom. The number of amides is 1. The van der Waals surface area contributed by atoms with Gasteiger partial charge in [0.05, 0.1) is 6.26 Å². The number of aromatic nitrogens is 1. The van der Waals surface area contributed by atoms with Crippen LogP contribution in [0.3, 0.4) is 0 Å². The summed E-state index contributed by atoms with van der Waals surface area (Å²) in [5.74, 6) is -0.0107. The first-order chi connectivity index (χ1) is 12.1. The van der Waals surface area contributed by atoms with Gasteiger partial charge in [-0.25, -0.2) is 4.98 Å². The molecule has 1 aliphatic rings. The van der Waals surface area contributed by atoms with E-state index in [4.69, 9.17) is 4.42 Å². The van der Waals surface area contributed by atoms with Gasteiger partial charge in [-0.2, -0.15) is 0 Å². The molecule has 25 heavy (non-hydrogen) atoms. The van der Waals surface area contributed by atoms with Crippen LogP contribution in [0.4, 0.5) is 0 Å². The molecule has 1 fully saturated rings. The maximum atomic E-state index is 11.8. The van der Waals surface area contributed by atoms with Gasteiger partial charge in [-0.15, -0.1) is 11.3 Å². The van der Waals surface area contributed by atoms with E-state index in [1.807, 2.05) is 36.8 Å². The molecular formula is C19H21N3O2S. The van der Waals surface area contributed by atoms with Crippen LogP contribution in [0, 0.1) is 6.92 Å². The van der Waals surface area contributed by atoms with E-state index in [1.54, 1.807) is 18.3 Å². The molecule has 0 saturated carbocycles. The Hall–Kier alpha value is -2.18. The number of nitrogens with zero attached hydrogens (tertiary/aromatic N) is 2. The van der Waals surface area contributed by atoms with Gasteiger partial charge in [-0.1, -0.05) is 18.2 Å². The Labute approximate surface area is 150 Å². The molecule has 1 saturated heterocycles. The quantitative estimate of drug-likeness (QED) is 0.779. The molecule has 5 nitrogen and oxygen atoms in total. The minimum absolute atomic E-state index is 0.0107. The van der Waals surface area contributed by atoms with Gasteiger partial charge in [0.25, 0.3) is 0 Å². The first-order valence-corrected chi connectivity index (χ1v) is 9.32. The number of aryl methyl sites for hydroxylation is 1. The number of hydrogen-bond donors (Lipinski definition) is 1. The van der Waals surface area contributed by atoms with Gasteiger partial charge in [0.15, 0.2) is 0 Å². The van der Waals surface area contributed by atoms with Crippen molar-refractivity contribution < 1.29 is 9.21 Å². The van der Waals surface area contributed by atoms with Crippen LogP contribution in [-0.2, 0) is 16.9 Å². The Morgan fingerprint density at radius 1 is 1.44 bits per heavy atom. The number of rotatable bonds is 4. The molecule has 0 radical (unpaired) electrons. The van der Waals surface area contributed by atoms with E-state index in [1.165, 1.54) is 5.56 Å². The van der Waals surface area contributed by atoms with Crippen LogP contribution in [0.2, 0.25) is 0 Å². The number of likely N-dealkylation sites (tertiary alicyclic amines) is 1. The average molecular weight is 355 g/mol. The summed E-state index contributed by atoms with van der Waals surface area (Å²) in [5, 5.41) is 7.38. The Kier molecular flexibility index (Phi) is 4.09. The molecule has 1 atom stereocenters. The van der Waals surface area contributed by atoms with E-state index in [0.29, 0.717) is 0 Å². The van der Waals surface area contributed by atoms with E-state index in [-0.39, 0.29) is 11.4 Å². The second kappa shape index (κ2) is 6.28. The molecule has 6 heteroatoms. The monoisotopic (exact) mass is 355 g/mol. The third-order valence-corrected chi connectivity index (χ3v) is 5.91. The molecule has 0 bridgehead atoms. The van der Waals surface area contributed by atoms with Gasteiger partial charge in [0, 0.05) is 48.6 Å². The van der Waals surface area contributed by atoms with Gasteiger partial charge in [-0.3, -0.25) is 9.69 Å². The molecule has 1 aliphatic heterocycles. The Bertz CT molecular complexity index is 916. The van der Waals surface area contributed by atoms with Gasteiger partial charge in [-0.05, 0) is 19.4 Å². The predicted molar refractivity (Wildman–Crippen MR) is 98.5 cm³/mol. The van der Waals surface area contributed by atoms with Crippen molar-refractivity contribution in [3.8, 4) is 0 Å². The second-order valence-corrected chi connectivity index (χ2v) is 7.63. The van der Waals surface area contributed by atoms with Crippen LogP contribution < -0.4 is 5.32 Å². The zero-order chi connectivity index (χ0) is 17.4. The van der Waals surface area contributed by atoms with Crippen LogP contribution in [0.15, 0.2) is 40.3 Å². The highest BCUT2D eigenvalue weighted by Gasteiger charge is 2.42. The summed E-state index contributed by atoms with van der Waals surface area (Å²) >= 11 is 1.63. The van der Waals surface area contributed by atoms with Gasteiger partial charge >= 0.3 is 0 Å². The minimum atomic E-state index is -0.385. The Balaban J connectivity index is 1.58. The summed E-state index contributed by atoms with van der Waals surface area (Å²) in [4.78, 5) is 18.8. The summed E-state index contributed by atoms with van der Waals surface area (Å²) < 4.78 is 5.66. The van der Waals surface area contributed by atoms with E-state index in [2.05, 4.69) is 21.3 Å². The van der Waals surface area contributed by atoms with Crippen molar-refractivity contribution in [1.29, 1.82) is 0 Å². The summed E-state index contributed by atoms with van der Waals surface area (Å²) in [6.07, 6.45) is 2.71. The maximum absolute atomic E-state index is 11.8. The lowest BCUT2D eigenvalue weighted by molar-refractivity contribution is -0.120. The molecule has 1 amide bonds. The van der Waals surface area contributed by atoms with Gasteiger partial charge in [0.2, 0.25) is 5.91 Å². The highest BCUT2D eigenvalue weighted by molar-refractivity contribution is 7.09. The molecule has 1 unspecified atom stereocenters. The van der Waals surface area contributed by atoms with E-state index >= 15 is 0 Å². The molecule has 3 heterocycles. The molecule has 0 spiro atoms. The van der Waals surface area contributed by atoms with Crippen molar-refractivity contribution in [2.75, 3.05) is 13.1 Å². The minimum Gasteiger partial charge on any atom is -0.464 e. The number of carbonyl (C=O) groups excluding carboxylic acids is 1. The van der Waals surface area contributed by atoms with Crippen LogP contribution in [0.1, 0.15) is 29.6 Å². The molecule has 4 rings (SSSR count). The number of thiazole rings is 1. The number of furan rings is 1. The number of benzene rings is 1. The molecule has 1 aromatic carbocycles. The number of carbonyl (C=O) groups is 1. The van der Waals surface area contributed by atoms with Crippen molar-refractivity contribution in [2.45, 2.75) is 32.4 Å². The molecular weight excluding hydrogens is 334 g/mol. The number of nitrogens with one attached hydrogen (secondary N) is 1. The van der Waals surface area contributed by atoms with Crippen molar-refractivity contribution in [2.24, 2.45) is 0 Å². The highest BCUT2D eigenvalue weighted by atomic mass is 32.1. The van der Waals surface area contributed by atoms with Gasteiger partial charge < -0.3 is 9.73 Å². The van der Waals surface area contributed by atoms with Crippen molar-refractivity contribution in [3.63, 3.8) is 0 Å². The SMILES string of the molecule is CC(=O)NC1(c2nc(C)cs2)CCN(Cc2coc3ccccc23)C1. The standard InChI is InChI=1S/C19H21N3O2S/c1-13-11-25-18(20-13)19(21-14(2)23)7-8-22(12-19)9-15-10-24-17-6-4-3-5-16(15)17/h3-6,10-11H,7-9,12H2,1-2H3,(H,21,23). The lowest BCUT2D eigenvalue weighted by Crippen LogP contribution is -2.47. The summed E-state index contributed by atoms with van der Waals surface area (Å²) in [6, 6.07) is 8.10. The fourth-order valence-corrected chi connectivity index (χ4v) is 4.64. The van der Waals surface area contributed by atoms with Crippen molar-refractivity contribution in [1.82, 2.24) is 15.2 Å². The summed E-state index contributed by atoms with van der Waals surface area (Å²) in [5.41, 5.74) is 2.72. The third-order valence-electron chi connectivity index (χ3n) is 4.75. The van der Waals surface area contributed by atoms with Crippen LogP contribution in [0.5, 0.6) is 0 Å². The smallest absolute Gasteiger partial charge is 0.217 e. The Morgan fingerprint density at radius 3 is 3.04 bits per heavy atom. The maximum Gasteiger partial charge on any atom is 0.217 e. The van der Waals surface area contributed by atoms with Crippen LogP contribution in [0.25, 0.3) is 11.0 Å². The topological polar surface area (TPSA) is 58.4 Å². The molecule has 2 aromatic heterocycles. The number of hydrogen-bond acceptors (Lipinski definition) is 5.